The van der Waals surface area contributed by atoms with Crippen LogP contribution < -0.4 is 22.1 Å². The van der Waals surface area contributed by atoms with E-state index in [0.717, 1.165) is 12.1 Å². The van der Waals surface area contributed by atoms with Gasteiger partial charge in [0.05, 0.1) is 0 Å². The van der Waals surface area contributed by atoms with Crippen molar-refractivity contribution in [3.05, 3.63) is 0 Å². The minimum atomic E-state index is 0.481. The Balaban J connectivity index is 0.000000180. The molecule has 2 rings (SSSR count). The first-order chi connectivity index (χ1) is 8.65. The maximum atomic E-state index is 5.72. The van der Waals surface area contributed by atoms with Gasteiger partial charge in [-0.3, -0.25) is 0 Å². The molecule has 0 unspecified atom stereocenters. The van der Waals surface area contributed by atoms with Crippen LogP contribution in [0, 0.1) is 0 Å². The Morgan fingerprint density at radius 2 is 0.889 bits per heavy atom. The van der Waals surface area contributed by atoms with Crippen molar-refractivity contribution in [1.29, 1.82) is 0 Å². The zero-order valence-corrected chi connectivity index (χ0v) is 12.1. The molecule has 2 saturated carbocycles. The predicted octanol–water partition coefficient (Wildman–Crippen LogP) is 0.951. The molecule has 0 spiro atoms. The van der Waals surface area contributed by atoms with Gasteiger partial charge in [-0.25, -0.2) is 0 Å². The first kappa shape index (κ1) is 15.9. The molecule has 2 fully saturated rings. The van der Waals surface area contributed by atoms with Crippen LogP contribution in [-0.4, -0.2) is 38.3 Å². The van der Waals surface area contributed by atoms with Gasteiger partial charge in [0, 0.05) is 24.2 Å². The van der Waals surface area contributed by atoms with E-state index in [4.69, 9.17) is 11.5 Å². The van der Waals surface area contributed by atoms with Crippen LogP contribution in [0.3, 0.4) is 0 Å². The normalized spacial score (nSPS) is 36.7. The van der Waals surface area contributed by atoms with E-state index in [9.17, 15) is 0 Å². The lowest BCUT2D eigenvalue weighted by atomic mass is 9.92. The van der Waals surface area contributed by atoms with Gasteiger partial charge < -0.3 is 22.1 Å². The fourth-order valence-electron chi connectivity index (χ4n) is 2.82. The van der Waals surface area contributed by atoms with Gasteiger partial charge in [-0.2, -0.15) is 0 Å². The van der Waals surface area contributed by atoms with E-state index < -0.39 is 0 Å². The lowest BCUT2D eigenvalue weighted by molar-refractivity contribution is 0.358. The van der Waals surface area contributed by atoms with E-state index in [-0.39, 0.29) is 0 Å². The number of hydrogen-bond donors (Lipinski definition) is 4. The Kier molecular flexibility index (Phi) is 7.82. The summed E-state index contributed by atoms with van der Waals surface area (Å²) in [5.41, 5.74) is 11.4. The molecule has 2 aliphatic rings. The summed E-state index contributed by atoms with van der Waals surface area (Å²) in [6.45, 7) is 0. The summed E-state index contributed by atoms with van der Waals surface area (Å²) in [5.74, 6) is 0. The van der Waals surface area contributed by atoms with Gasteiger partial charge in [-0.15, -0.1) is 0 Å². The van der Waals surface area contributed by atoms with Crippen molar-refractivity contribution in [2.75, 3.05) is 14.1 Å². The smallest absolute Gasteiger partial charge is 0.00652 e. The second-order valence-electron chi connectivity index (χ2n) is 5.80. The van der Waals surface area contributed by atoms with Crippen LogP contribution in [0.5, 0.6) is 0 Å². The molecule has 4 nitrogen and oxygen atoms in total. The van der Waals surface area contributed by atoms with Crippen LogP contribution in [0.4, 0.5) is 0 Å². The summed E-state index contributed by atoms with van der Waals surface area (Å²) >= 11 is 0. The highest BCUT2D eigenvalue weighted by molar-refractivity contribution is 4.77. The van der Waals surface area contributed by atoms with Gasteiger partial charge in [0.25, 0.3) is 0 Å². The van der Waals surface area contributed by atoms with Crippen molar-refractivity contribution in [2.24, 2.45) is 11.5 Å². The highest BCUT2D eigenvalue weighted by atomic mass is 14.9. The van der Waals surface area contributed by atoms with E-state index in [0.29, 0.717) is 12.1 Å². The minimum absolute atomic E-state index is 0.481. The number of nitrogens with two attached hydrogens (primary N) is 2. The quantitative estimate of drug-likeness (QED) is 0.593. The second-order valence-corrected chi connectivity index (χ2v) is 5.80. The zero-order valence-electron chi connectivity index (χ0n) is 12.1. The average Bonchev–Trinajstić information content (AvgIpc) is 2.41. The van der Waals surface area contributed by atoms with Crippen molar-refractivity contribution >= 4 is 0 Å². The first-order valence-corrected chi connectivity index (χ1v) is 7.51. The standard InChI is InChI=1S/2C7H16N2/c2*1-9-7-4-2-6(8)3-5-7/h2*6-7,9H,2-5,8H2,1H3. The van der Waals surface area contributed by atoms with Gasteiger partial charge in [-0.1, -0.05) is 0 Å². The van der Waals surface area contributed by atoms with E-state index in [1.165, 1.54) is 51.4 Å². The maximum absolute atomic E-state index is 5.72. The Labute approximate surface area is 112 Å². The number of nitrogens with one attached hydrogen (secondary N) is 2. The van der Waals surface area contributed by atoms with Gasteiger partial charge in [-0.05, 0) is 65.5 Å². The number of hydrogen-bond acceptors (Lipinski definition) is 4. The molecule has 2 aliphatic carbocycles. The molecule has 0 radical (unpaired) electrons. The summed E-state index contributed by atoms with van der Waals surface area (Å²) in [5, 5.41) is 6.54. The molecule has 4 heteroatoms. The van der Waals surface area contributed by atoms with Gasteiger partial charge in [0.15, 0.2) is 0 Å². The van der Waals surface area contributed by atoms with Crippen molar-refractivity contribution in [1.82, 2.24) is 10.6 Å². The fraction of sp³-hybridized carbons (Fsp3) is 1.00. The third-order valence-corrected chi connectivity index (χ3v) is 4.36. The van der Waals surface area contributed by atoms with Crippen LogP contribution in [0.1, 0.15) is 51.4 Å². The van der Waals surface area contributed by atoms with Gasteiger partial charge >= 0.3 is 0 Å². The summed E-state index contributed by atoms with van der Waals surface area (Å²) < 4.78 is 0. The molecule has 0 saturated heterocycles. The Bertz CT molecular complexity index is 172. The van der Waals surface area contributed by atoms with Crippen molar-refractivity contribution in [2.45, 2.75) is 75.5 Å². The van der Waals surface area contributed by atoms with E-state index in [2.05, 4.69) is 10.6 Å². The Morgan fingerprint density at radius 1 is 0.611 bits per heavy atom. The largest absolute Gasteiger partial charge is 0.328 e. The molecule has 0 aliphatic heterocycles. The van der Waals surface area contributed by atoms with Crippen LogP contribution >= 0.6 is 0 Å². The highest BCUT2D eigenvalue weighted by Gasteiger charge is 2.16. The molecule has 0 aromatic rings. The first-order valence-electron chi connectivity index (χ1n) is 7.51. The van der Waals surface area contributed by atoms with Crippen LogP contribution in [-0.2, 0) is 0 Å². The lowest BCUT2D eigenvalue weighted by Gasteiger charge is -2.25. The van der Waals surface area contributed by atoms with Crippen molar-refractivity contribution < 1.29 is 0 Å². The molecule has 0 amide bonds. The fourth-order valence-corrected chi connectivity index (χ4v) is 2.82. The topological polar surface area (TPSA) is 76.1 Å². The van der Waals surface area contributed by atoms with Gasteiger partial charge in [0.1, 0.15) is 0 Å². The molecular weight excluding hydrogens is 224 g/mol. The third kappa shape index (κ3) is 6.14. The van der Waals surface area contributed by atoms with Crippen LogP contribution in [0.15, 0.2) is 0 Å². The Hall–Kier alpha value is -0.160. The minimum Gasteiger partial charge on any atom is -0.328 e. The Morgan fingerprint density at radius 3 is 1.11 bits per heavy atom. The monoisotopic (exact) mass is 256 g/mol. The maximum Gasteiger partial charge on any atom is 0.00652 e. The van der Waals surface area contributed by atoms with E-state index in [1.807, 2.05) is 14.1 Å². The summed E-state index contributed by atoms with van der Waals surface area (Å²) in [6, 6.07) is 2.44. The molecule has 0 aromatic carbocycles. The van der Waals surface area contributed by atoms with Crippen LogP contribution in [0.2, 0.25) is 0 Å². The van der Waals surface area contributed by atoms with Crippen LogP contribution in [0.25, 0.3) is 0 Å². The lowest BCUT2D eigenvalue weighted by Crippen LogP contribution is -2.35. The molecule has 0 heterocycles. The molecule has 6 N–H and O–H groups in total. The third-order valence-electron chi connectivity index (χ3n) is 4.36. The second kappa shape index (κ2) is 8.86. The number of rotatable bonds is 2. The zero-order chi connectivity index (χ0) is 13.4. The van der Waals surface area contributed by atoms with Crippen molar-refractivity contribution in [3.8, 4) is 0 Å². The SMILES string of the molecule is CNC1CCC(N)CC1.CNC1CCC(N)CC1. The molecule has 0 atom stereocenters. The molecule has 0 aromatic heterocycles. The molecular formula is C14H32N4. The predicted molar refractivity (Wildman–Crippen MR) is 78.6 cm³/mol. The highest BCUT2D eigenvalue weighted by Crippen LogP contribution is 2.16. The van der Waals surface area contributed by atoms with E-state index in [1.54, 1.807) is 0 Å². The summed E-state index contributed by atoms with van der Waals surface area (Å²) in [4.78, 5) is 0. The summed E-state index contributed by atoms with van der Waals surface area (Å²) in [6.07, 6.45) is 9.85. The van der Waals surface area contributed by atoms with Gasteiger partial charge in [0.2, 0.25) is 0 Å². The summed E-state index contributed by atoms with van der Waals surface area (Å²) in [7, 11) is 4.06. The molecule has 108 valence electrons. The average molecular weight is 256 g/mol. The molecule has 0 bridgehead atoms. The van der Waals surface area contributed by atoms with E-state index >= 15 is 0 Å². The van der Waals surface area contributed by atoms with Crippen molar-refractivity contribution in [3.63, 3.8) is 0 Å². The molecule has 18 heavy (non-hydrogen) atoms.